The summed E-state index contributed by atoms with van der Waals surface area (Å²) < 4.78 is 7.44. The summed E-state index contributed by atoms with van der Waals surface area (Å²) in [6.07, 6.45) is 0.473. The number of ether oxygens (including phenoxy) is 1. The maximum absolute atomic E-state index is 12.3. The number of hydrogen-bond donors (Lipinski definition) is 1. The fraction of sp³-hybridized carbons (Fsp3) is 0.474. The molecule has 2 aromatic rings. The van der Waals surface area contributed by atoms with Gasteiger partial charge in [-0.05, 0) is 45.4 Å². The predicted molar refractivity (Wildman–Crippen MR) is 96.5 cm³/mol. The van der Waals surface area contributed by atoms with E-state index in [1.54, 1.807) is 4.90 Å². The predicted octanol–water partition coefficient (Wildman–Crippen LogP) is 2.93. The summed E-state index contributed by atoms with van der Waals surface area (Å²) in [5.74, 6) is 0. The molecule has 0 bridgehead atoms. The van der Waals surface area contributed by atoms with Crippen LogP contribution in [0.3, 0.4) is 0 Å². The normalized spacial score (nSPS) is 14.4. The maximum Gasteiger partial charge on any atom is 0.410 e. The van der Waals surface area contributed by atoms with Gasteiger partial charge in [-0.1, -0.05) is 12.1 Å². The van der Waals surface area contributed by atoms with Gasteiger partial charge >= 0.3 is 6.09 Å². The average Bonchev–Trinajstić information content (AvgIpc) is 2.90. The SMILES string of the molecule is Cc1c2c(nn1-c1ccc(CN)cc1)CCN(C(=O)OC(C)(C)C)C2. The molecule has 0 saturated carbocycles. The van der Waals surface area contributed by atoms with E-state index in [4.69, 9.17) is 15.6 Å². The minimum atomic E-state index is -0.485. The van der Waals surface area contributed by atoms with Crippen molar-refractivity contribution in [2.24, 2.45) is 5.73 Å². The van der Waals surface area contributed by atoms with Crippen LogP contribution in [0.2, 0.25) is 0 Å². The van der Waals surface area contributed by atoms with E-state index < -0.39 is 5.60 Å². The first-order chi connectivity index (χ1) is 11.8. The van der Waals surface area contributed by atoms with Crippen LogP contribution in [0.1, 0.15) is 43.3 Å². The number of carbonyl (C=O) groups is 1. The first-order valence-electron chi connectivity index (χ1n) is 8.63. The number of amides is 1. The Morgan fingerprint density at radius 1 is 1.28 bits per heavy atom. The molecule has 2 heterocycles. The maximum atomic E-state index is 12.3. The van der Waals surface area contributed by atoms with Gasteiger partial charge in [-0.25, -0.2) is 9.48 Å². The third-order valence-electron chi connectivity index (χ3n) is 4.36. The number of aromatic nitrogens is 2. The summed E-state index contributed by atoms with van der Waals surface area (Å²) in [6.45, 7) is 9.39. The van der Waals surface area contributed by atoms with Crippen LogP contribution in [-0.2, 0) is 24.2 Å². The molecule has 0 radical (unpaired) electrons. The summed E-state index contributed by atoms with van der Waals surface area (Å²) in [4.78, 5) is 14.1. The van der Waals surface area contributed by atoms with Crippen molar-refractivity contribution in [3.63, 3.8) is 0 Å². The highest BCUT2D eigenvalue weighted by Gasteiger charge is 2.29. The monoisotopic (exact) mass is 342 g/mol. The molecule has 2 N–H and O–H groups in total. The van der Waals surface area contributed by atoms with E-state index >= 15 is 0 Å². The van der Waals surface area contributed by atoms with Gasteiger partial charge in [-0.3, -0.25) is 0 Å². The Kier molecular flexibility index (Phi) is 4.56. The quantitative estimate of drug-likeness (QED) is 0.911. The van der Waals surface area contributed by atoms with E-state index in [9.17, 15) is 4.79 Å². The average molecular weight is 342 g/mol. The Bertz CT molecular complexity index is 772. The fourth-order valence-corrected chi connectivity index (χ4v) is 3.02. The second-order valence-electron chi connectivity index (χ2n) is 7.44. The van der Waals surface area contributed by atoms with Crippen LogP contribution in [0.4, 0.5) is 4.79 Å². The zero-order valence-electron chi connectivity index (χ0n) is 15.4. The van der Waals surface area contributed by atoms with E-state index in [2.05, 4.69) is 0 Å². The fourth-order valence-electron chi connectivity index (χ4n) is 3.02. The lowest BCUT2D eigenvalue weighted by atomic mass is 10.1. The van der Waals surface area contributed by atoms with Crippen LogP contribution in [-0.4, -0.2) is 32.9 Å². The third kappa shape index (κ3) is 3.69. The molecule has 0 fully saturated rings. The molecule has 1 amide bonds. The van der Waals surface area contributed by atoms with Gasteiger partial charge in [-0.2, -0.15) is 5.10 Å². The number of fused-ring (bicyclic) bond motifs is 1. The van der Waals surface area contributed by atoms with Gasteiger partial charge in [0, 0.05) is 30.8 Å². The van der Waals surface area contributed by atoms with Gasteiger partial charge < -0.3 is 15.4 Å². The van der Waals surface area contributed by atoms with Crippen LogP contribution in [0, 0.1) is 6.92 Å². The van der Waals surface area contributed by atoms with Gasteiger partial charge in [0.25, 0.3) is 0 Å². The number of rotatable bonds is 2. The van der Waals surface area contributed by atoms with Gasteiger partial charge in [0.2, 0.25) is 0 Å². The van der Waals surface area contributed by atoms with Gasteiger partial charge in [0.05, 0.1) is 17.9 Å². The smallest absolute Gasteiger partial charge is 0.410 e. The molecule has 0 atom stereocenters. The van der Waals surface area contributed by atoms with E-state index in [0.717, 1.165) is 34.6 Å². The molecule has 134 valence electrons. The molecular weight excluding hydrogens is 316 g/mol. The number of nitrogens with zero attached hydrogens (tertiary/aromatic N) is 3. The number of benzene rings is 1. The highest BCUT2D eigenvalue weighted by Crippen LogP contribution is 2.25. The zero-order valence-corrected chi connectivity index (χ0v) is 15.4. The Morgan fingerprint density at radius 2 is 1.96 bits per heavy atom. The van der Waals surface area contributed by atoms with Crippen molar-refractivity contribution < 1.29 is 9.53 Å². The van der Waals surface area contributed by atoms with E-state index in [-0.39, 0.29) is 6.09 Å². The van der Waals surface area contributed by atoms with Crippen molar-refractivity contribution in [3.05, 3.63) is 46.8 Å². The minimum absolute atomic E-state index is 0.266. The highest BCUT2D eigenvalue weighted by atomic mass is 16.6. The molecule has 6 heteroatoms. The molecule has 1 aromatic carbocycles. The second kappa shape index (κ2) is 6.52. The highest BCUT2D eigenvalue weighted by molar-refractivity contribution is 5.68. The van der Waals surface area contributed by atoms with Gasteiger partial charge in [0.1, 0.15) is 5.60 Å². The number of hydrogen-bond acceptors (Lipinski definition) is 4. The largest absolute Gasteiger partial charge is 0.444 e. The molecule has 0 unspecified atom stereocenters. The molecule has 1 aliphatic heterocycles. The lowest BCUT2D eigenvalue weighted by molar-refractivity contribution is 0.0223. The molecule has 0 saturated heterocycles. The summed E-state index contributed by atoms with van der Waals surface area (Å²) in [5, 5.41) is 4.75. The van der Waals surface area contributed by atoms with Crippen molar-refractivity contribution in [1.82, 2.24) is 14.7 Å². The third-order valence-corrected chi connectivity index (χ3v) is 4.36. The topological polar surface area (TPSA) is 73.4 Å². The number of carbonyl (C=O) groups excluding carboxylic acids is 1. The van der Waals surface area contributed by atoms with Crippen LogP contribution in [0.5, 0.6) is 0 Å². The molecule has 3 rings (SSSR count). The van der Waals surface area contributed by atoms with E-state index in [1.807, 2.05) is 56.6 Å². The van der Waals surface area contributed by atoms with E-state index in [0.29, 0.717) is 19.6 Å². The first kappa shape index (κ1) is 17.5. The van der Waals surface area contributed by atoms with Crippen LogP contribution >= 0.6 is 0 Å². The lowest BCUT2D eigenvalue weighted by Crippen LogP contribution is -2.39. The minimum Gasteiger partial charge on any atom is -0.444 e. The van der Waals surface area contributed by atoms with Crippen molar-refractivity contribution in [3.8, 4) is 5.69 Å². The molecule has 6 nitrogen and oxygen atoms in total. The Morgan fingerprint density at radius 3 is 2.56 bits per heavy atom. The first-order valence-corrected chi connectivity index (χ1v) is 8.63. The molecular formula is C19H26N4O2. The van der Waals surface area contributed by atoms with Gasteiger partial charge in [-0.15, -0.1) is 0 Å². The van der Waals surface area contributed by atoms with Crippen molar-refractivity contribution in [1.29, 1.82) is 0 Å². The van der Waals surface area contributed by atoms with Crippen molar-refractivity contribution in [2.45, 2.75) is 52.8 Å². The second-order valence-corrected chi connectivity index (χ2v) is 7.44. The molecule has 1 aliphatic rings. The summed E-state index contributed by atoms with van der Waals surface area (Å²) >= 11 is 0. The molecule has 0 aliphatic carbocycles. The summed E-state index contributed by atoms with van der Waals surface area (Å²) in [6, 6.07) is 8.09. The molecule has 0 spiro atoms. The lowest BCUT2D eigenvalue weighted by Gasteiger charge is -2.29. The summed E-state index contributed by atoms with van der Waals surface area (Å²) in [7, 11) is 0. The Hall–Kier alpha value is -2.34. The van der Waals surface area contributed by atoms with Crippen molar-refractivity contribution >= 4 is 6.09 Å². The Balaban J connectivity index is 1.83. The molecule has 1 aromatic heterocycles. The van der Waals surface area contributed by atoms with E-state index in [1.165, 1.54) is 0 Å². The van der Waals surface area contributed by atoms with Crippen molar-refractivity contribution in [2.75, 3.05) is 6.54 Å². The molecule has 25 heavy (non-hydrogen) atoms. The van der Waals surface area contributed by atoms with Crippen LogP contribution in [0.15, 0.2) is 24.3 Å². The summed E-state index contributed by atoms with van der Waals surface area (Å²) in [5.41, 5.74) is 10.5. The number of nitrogens with two attached hydrogens (primary N) is 1. The van der Waals surface area contributed by atoms with Crippen LogP contribution in [0.25, 0.3) is 5.69 Å². The van der Waals surface area contributed by atoms with Crippen LogP contribution < -0.4 is 5.73 Å². The standard InChI is InChI=1S/C19H26N4O2/c1-13-16-12-22(18(24)25-19(2,3)4)10-9-17(16)21-23(13)15-7-5-14(11-20)6-8-15/h5-8H,9-12,20H2,1-4H3. The Labute approximate surface area is 148 Å². The zero-order chi connectivity index (χ0) is 18.2. The van der Waals surface area contributed by atoms with Gasteiger partial charge in [0.15, 0.2) is 0 Å².